The third-order valence-electron chi connectivity index (χ3n) is 7.28. The number of nitrogens with zero attached hydrogens (tertiary/aromatic N) is 3. The second-order valence-electron chi connectivity index (χ2n) is 10.2. The van der Waals surface area contributed by atoms with Crippen LogP contribution in [0.15, 0.2) is 73.1 Å². The molecular weight excluding hydrogens is 460 g/mol. The number of H-pyrrole nitrogens is 1. The number of rotatable bonds is 5. The van der Waals surface area contributed by atoms with Crippen LogP contribution < -0.4 is 0 Å². The number of carbonyl (C=O) groups excluding carboxylic acids is 1. The first kappa shape index (κ1) is 23.5. The lowest BCUT2D eigenvalue weighted by atomic mass is 9.97. The molecule has 0 radical (unpaired) electrons. The highest BCUT2D eigenvalue weighted by Crippen LogP contribution is 2.35. The van der Waals surface area contributed by atoms with Gasteiger partial charge in [0.1, 0.15) is 0 Å². The molecule has 2 aromatic heterocycles. The van der Waals surface area contributed by atoms with Gasteiger partial charge in [-0.15, -0.1) is 0 Å². The van der Waals surface area contributed by atoms with Gasteiger partial charge in [-0.2, -0.15) is 0 Å². The first-order valence-corrected chi connectivity index (χ1v) is 13.1. The number of allylic oxidation sites excluding steroid dienone is 1. The molecule has 1 saturated heterocycles. The van der Waals surface area contributed by atoms with Gasteiger partial charge < -0.3 is 14.6 Å². The van der Waals surface area contributed by atoms with E-state index in [9.17, 15) is 4.79 Å². The van der Waals surface area contributed by atoms with Crippen molar-refractivity contribution >= 4 is 22.6 Å². The molecule has 1 aliphatic carbocycles. The van der Waals surface area contributed by atoms with Crippen molar-refractivity contribution in [2.75, 3.05) is 26.2 Å². The molecule has 188 valence electrons. The van der Waals surface area contributed by atoms with Crippen molar-refractivity contribution in [3.05, 3.63) is 95.5 Å². The van der Waals surface area contributed by atoms with E-state index in [-0.39, 0.29) is 12.2 Å². The summed E-state index contributed by atoms with van der Waals surface area (Å²) in [6.45, 7) is 7.77. The van der Waals surface area contributed by atoms with Crippen LogP contribution in [0.3, 0.4) is 0 Å². The molecule has 2 aliphatic rings. The lowest BCUT2D eigenvalue weighted by Crippen LogP contribution is -2.48. The van der Waals surface area contributed by atoms with Crippen LogP contribution in [0.5, 0.6) is 0 Å². The number of hydrogen-bond donors (Lipinski definition) is 1. The topological polar surface area (TPSA) is 61.5 Å². The summed E-state index contributed by atoms with van der Waals surface area (Å²) in [6, 6.07) is 19.8. The number of hydrogen-bond acceptors (Lipinski definition) is 4. The van der Waals surface area contributed by atoms with Crippen molar-refractivity contribution in [1.29, 1.82) is 0 Å². The maximum absolute atomic E-state index is 12.1. The Morgan fingerprint density at radius 1 is 0.973 bits per heavy atom. The van der Waals surface area contributed by atoms with Gasteiger partial charge in [-0.05, 0) is 65.8 Å². The predicted octanol–water partition coefficient (Wildman–Crippen LogP) is 5.88. The van der Waals surface area contributed by atoms with Crippen molar-refractivity contribution in [3.63, 3.8) is 0 Å². The Morgan fingerprint density at radius 3 is 2.54 bits per heavy atom. The van der Waals surface area contributed by atoms with Gasteiger partial charge in [0.05, 0.1) is 11.8 Å². The number of nitrogens with one attached hydrogen (secondary N) is 1. The number of aromatic amines is 1. The van der Waals surface area contributed by atoms with Gasteiger partial charge in [0, 0.05) is 68.2 Å². The predicted molar refractivity (Wildman–Crippen MR) is 147 cm³/mol. The minimum Gasteiger partial charge on any atom is -0.447 e. The van der Waals surface area contributed by atoms with Crippen LogP contribution in [0, 0.1) is 0 Å². The molecule has 6 heteroatoms. The molecule has 3 heterocycles. The summed E-state index contributed by atoms with van der Waals surface area (Å²) >= 11 is 0. The summed E-state index contributed by atoms with van der Waals surface area (Å²) in [5.41, 5.74) is 9.61. The van der Waals surface area contributed by atoms with Crippen LogP contribution in [-0.2, 0) is 17.7 Å². The van der Waals surface area contributed by atoms with Crippen molar-refractivity contribution < 1.29 is 9.53 Å². The van der Waals surface area contributed by atoms with Crippen LogP contribution >= 0.6 is 0 Å². The maximum Gasteiger partial charge on any atom is 0.410 e. The molecule has 0 atom stereocenters. The van der Waals surface area contributed by atoms with Crippen LogP contribution in [0.1, 0.15) is 36.2 Å². The molecule has 4 aromatic rings. The number of aromatic nitrogens is 2. The molecule has 1 amide bonds. The summed E-state index contributed by atoms with van der Waals surface area (Å²) in [6.07, 6.45) is 6.86. The fourth-order valence-corrected chi connectivity index (χ4v) is 5.28. The molecule has 6 rings (SSSR count). The average molecular weight is 493 g/mol. The highest BCUT2D eigenvalue weighted by Gasteiger charge is 2.23. The normalized spacial score (nSPS) is 15.8. The first-order chi connectivity index (χ1) is 18.0. The number of amides is 1. The van der Waals surface area contributed by atoms with E-state index >= 15 is 0 Å². The van der Waals surface area contributed by atoms with Gasteiger partial charge >= 0.3 is 6.09 Å². The second-order valence-corrected chi connectivity index (χ2v) is 10.2. The van der Waals surface area contributed by atoms with E-state index in [1.54, 1.807) is 4.90 Å². The van der Waals surface area contributed by atoms with E-state index in [0.717, 1.165) is 42.8 Å². The van der Waals surface area contributed by atoms with Crippen LogP contribution in [-0.4, -0.2) is 58.1 Å². The van der Waals surface area contributed by atoms with Crippen molar-refractivity contribution in [2.45, 2.75) is 32.9 Å². The number of pyridine rings is 1. The fraction of sp³-hybridized carbons (Fsp3) is 0.290. The van der Waals surface area contributed by atoms with E-state index in [0.29, 0.717) is 13.1 Å². The SMILES string of the molecule is CC(C)OC(=O)N1CCN(Cc2ccc(-c3cnc4c(c3)C(c3ccc5[nH]ccc5c3)=CC4)cc2)CC1. The summed E-state index contributed by atoms with van der Waals surface area (Å²) in [7, 11) is 0. The zero-order chi connectivity index (χ0) is 25.4. The van der Waals surface area contributed by atoms with Gasteiger partial charge in [-0.1, -0.05) is 36.4 Å². The lowest BCUT2D eigenvalue weighted by Gasteiger charge is -2.34. The largest absolute Gasteiger partial charge is 0.447 e. The van der Waals surface area contributed by atoms with Gasteiger partial charge in [0.2, 0.25) is 0 Å². The molecular formula is C31H32N4O2. The van der Waals surface area contributed by atoms with Crippen LogP contribution in [0.4, 0.5) is 4.79 Å². The van der Waals surface area contributed by atoms with Gasteiger partial charge in [-0.3, -0.25) is 9.88 Å². The lowest BCUT2D eigenvalue weighted by molar-refractivity contribution is 0.0559. The van der Waals surface area contributed by atoms with E-state index in [2.05, 4.69) is 70.6 Å². The highest BCUT2D eigenvalue weighted by molar-refractivity contribution is 5.90. The Morgan fingerprint density at radius 2 is 1.76 bits per heavy atom. The highest BCUT2D eigenvalue weighted by atomic mass is 16.6. The molecule has 2 aromatic carbocycles. The smallest absolute Gasteiger partial charge is 0.410 e. The second kappa shape index (κ2) is 9.87. The minimum atomic E-state index is -0.204. The van der Waals surface area contributed by atoms with E-state index in [1.165, 1.54) is 33.2 Å². The van der Waals surface area contributed by atoms with E-state index in [1.807, 2.05) is 26.2 Å². The summed E-state index contributed by atoms with van der Waals surface area (Å²) in [4.78, 5) is 24.4. The fourth-order valence-electron chi connectivity index (χ4n) is 5.28. The van der Waals surface area contributed by atoms with Crippen molar-refractivity contribution in [3.8, 4) is 11.1 Å². The third kappa shape index (κ3) is 4.89. The number of fused-ring (bicyclic) bond motifs is 2. The number of ether oxygens (including phenoxy) is 1. The van der Waals surface area contributed by atoms with Crippen molar-refractivity contribution in [2.24, 2.45) is 0 Å². The van der Waals surface area contributed by atoms with Gasteiger partial charge in [0.15, 0.2) is 0 Å². The molecule has 0 unspecified atom stereocenters. The molecule has 0 bridgehead atoms. The van der Waals surface area contributed by atoms with Crippen molar-refractivity contribution in [1.82, 2.24) is 19.8 Å². The monoisotopic (exact) mass is 492 g/mol. The quantitative estimate of drug-likeness (QED) is 0.378. The number of carbonyl (C=O) groups is 1. The molecule has 1 aliphatic heterocycles. The Labute approximate surface area is 217 Å². The third-order valence-corrected chi connectivity index (χ3v) is 7.28. The number of benzene rings is 2. The summed E-state index contributed by atoms with van der Waals surface area (Å²) < 4.78 is 5.33. The Hall–Kier alpha value is -3.90. The van der Waals surface area contributed by atoms with E-state index in [4.69, 9.17) is 9.72 Å². The molecule has 0 saturated carbocycles. The summed E-state index contributed by atoms with van der Waals surface area (Å²) in [5, 5.41) is 1.23. The Bertz CT molecular complexity index is 1460. The number of piperazine rings is 1. The Kier molecular flexibility index (Phi) is 6.26. The average Bonchev–Trinajstić information content (AvgIpc) is 3.55. The Balaban J connectivity index is 1.13. The minimum absolute atomic E-state index is 0.0820. The zero-order valence-electron chi connectivity index (χ0n) is 21.4. The first-order valence-electron chi connectivity index (χ1n) is 13.1. The van der Waals surface area contributed by atoms with Crippen LogP contribution in [0.2, 0.25) is 0 Å². The molecule has 1 fully saturated rings. The summed E-state index contributed by atoms with van der Waals surface area (Å²) in [5.74, 6) is 0. The molecule has 6 nitrogen and oxygen atoms in total. The molecule has 0 spiro atoms. The maximum atomic E-state index is 12.1. The molecule has 37 heavy (non-hydrogen) atoms. The molecule has 1 N–H and O–H groups in total. The van der Waals surface area contributed by atoms with Gasteiger partial charge in [0.25, 0.3) is 0 Å². The van der Waals surface area contributed by atoms with Crippen LogP contribution in [0.25, 0.3) is 27.6 Å². The van der Waals surface area contributed by atoms with Gasteiger partial charge in [-0.25, -0.2) is 4.79 Å². The van der Waals surface area contributed by atoms with E-state index < -0.39 is 0 Å². The standard InChI is InChI=1S/C31H32N4O2/c1-21(2)37-31(36)35-15-13-34(14-16-35)20-22-3-5-23(6-4-22)26-18-28-27(8-10-30(28)33-19-26)24-7-9-29-25(17-24)11-12-32-29/h3-9,11-12,17-19,21,32H,10,13-16,20H2,1-2H3. The zero-order valence-corrected chi connectivity index (χ0v) is 21.4.